The zero-order valence-electron chi connectivity index (χ0n) is 11.4. The van der Waals surface area contributed by atoms with Crippen LogP contribution in [-0.2, 0) is 9.53 Å². The van der Waals surface area contributed by atoms with Crippen molar-refractivity contribution in [3.05, 3.63) is 0 Å². The monoisotopic (exact) mass is 255 g/mol. The minimum Gasteiger partial charge on any atom is -0.466 e. The number of hydrogen-bond acceptors (Lipinski definition) is 4. The van der Waals surface area contributed by atoms with Crippen molar-refractivity contribution in [3.63, 3.8) is 0 Å². The molecular formula is C14H25NO3. The summed E-state index contributed by atoms with van der Waals surface area (Å²) in [4.78, 5) is 14.0. The number of β-amino-alcohol motifs (C(OH)–C–C–N with tert-alkyl or cyclic N) is 1. The maximum atomic E-state index is 11.7. The lowest BCUT2D eigenvalue weighted by molar-refractivity contribution is -0.150. The number of nitrogens with zero attached hydrogens (tertiary/aromatic N) is 1. The minimum absolute atomic E-state index is 0.00343. The van der Waals surface area contributed by atoms with Crippen molar-refractivity contribution in [2.45, 2.75) is 51.0 Å². The van der Waals surface area contributed by atoms with E-state index in [1.165, 1.54) is 0 Å². The Kier molecular flexibility index (Phi) is 4.62. The van der Waals surface area contributed by atoms with Gasteiger partial charge in [0.05, 0.1) is 18.1 Å². The SMILES string of the molecule is CCOC(=O)C1CCCN(CC2(O)CCCC2)C1. The molecule has 104 valence electrons. The van der Waals surface area contributed by atoms with Crippen LogP contribution in [0.1, 0.15) is 45.4 Å². The van der Waals surface area contributed by atoms with Crippen molar-refractivity contribution >= 4 is 5.97 Å². The molecule has 0 aromatic carbocycles. The molecule has 1 saturated carbocycles. The van der Waals surface area contributed by atoms with E-state index in [0.717, 1.165) is 58.2 Å². The molecular weight excluding hydrogens is 230 g/mol. The molecule has 1 unspecified atom stereocenters. The first-order valence-corrected chi connectivity index (χ1v) is 7.24. The fourth-order valence-corrected chi connectivity index (χ4v) is 3.26. The molecule has 4 heteroatoms. The average Bonchev–Trinajstić information content (AvgIpc) is 2.76. The van der Waals surface area contributed by atoms with Crippen LogP contribution >= 0.6 is 0 Å². The molecule has 2 fully saturated rings. The van der Waals surface area contributed by atoms with Crippen molar-refractivity contribution in [2.24, 2.45) is 5.92 Å². The van der Waals surface area contributed by atoms with Crippen LogP contribution in [-0.4, -0.2) is 47.8 Å². The second-order valence-electron chi connectivity index (χ2n) is 5.76. The first-order valence-electron chi connectivity index (χ1n) is 7.24. The zero-order chi connectivity index (χ0) is 13.0. The minimum atomic E-state index is -0.503. The summed E-state index contributed by atoms with van der Waals surface area (Å²) in [6, 6.07) is 0. The average molecular weight is 255 g/mol. The molecule has 4 nitrogen and oxygen atoms in total. The third kappa shape index (κ3) is 3.45. The van der Waals surface area contributed by atoms with Crippen molar-refractivity contribution in [1.29, 1.82) is 0 Å². The van der Waals surface area contributed by atoms with E-state index in [-0.39, 0.29) is 11.9 Å². The van der Waals surface area contributed by atoms with Crippen molar-refractivity contribution in [3.8, 4) is 0 Å². The smallest absolute Gasteiger partial charge is 0.310 e. The molecule has 1 aliphatic heterocycles. The van der Waals surface area contributed by atoms with Crippen LogP contribution in [0.15, 0.2) is 0 Å². The molecule has 0 bridgehead atoms. The number of carbonyl (C=O) groups is 1. The number of piperidine rings is 1. The van der Waals surface area contributed by atoms with E-state index in [9.17, 15) is 9.90 Å². The Labute approximate surface area is 109 Å². The maximum absolute atomic E-state index is 11.7. The van der Waals surface area contributed by atoms with E-state index in [4.69, 9.17) is 4.74 Å². The number of likely N-dealkylation sites (tertiary alicyclic amines) is 1. The zero-order valence-corrected chi connectivity index (χ0v) is 11.4. The molecule has 2 aliphatic rings. The van der Waals surface area contributed by atoms with Gasteiger partial charge in [0, 0.05) is 13.1 Å². The van der Waals surface area contributed by atoms with E-state index < -0.39 is 5.60 Å². The number of rotatable bonds is 4. The van der Waals surface area contributed by atoms with Crippen LogP contribution in [0.4, 0.5) is 0 Å². The van der Waals surface area contributed by atoms with Gasteiger partial charge < -0.3 is 9.84 Å². The molecule has 0 aromatic heterocycles. The fraction of sp³-hybridized carbons (Fsp3) is 0.929. The standard InChI is InChI=1S/C14H25NO3/c1-2-18-13(16)12-6-5-9-15(10-12)11-14(17)7-3-4-8-14/h12,17H,2-11H2,1H3. The molecule has 1 N–H and O–H groups in total. The summed E-state index contributed by atoms with van der Waals surface area (Å²) in [6.45, 7) is 4.78. The van der Waals surface area contributed by atoms with Gasteiger partial charge in [-0.15, -0.1) is 0 Å². The molecule has 1 aliphatic carbocycles. The largest absolute Gasteiger partial charge is 0.466 e. The van der Waals surface area contributed by atoms with Gasteiger partial charge in [0.2, 0.25) is 0 Å². The highest BCUT2D eigenvalue weighted by atomic mass is 16.5. The quantitative estimate of drug-likeness (QED) is 0.775. The molecule has 0 amide bonds. The lowest BCUT2D eigenvalue weighted by atomic mass is 9.95. The van der Waals surface area contributed by atoms with Crippen molar-refractivity contribution < 1.29 is 14.6 Å². The molecule has 1 atom stereocenters. The molecule has 1 heterocycles. The van der Waals surface area contributed by atoms with Crippen LogP contribution < -0.4 is 0 Å². The van der Waals surface area contributed by atoms with Gasteiger partial charge in [-0.1, -0.05) is 12.8 Å². The first kappa shape index (κ1) is 13.8. The molecule has 0 spiro atoms. The summed E-state index contributed by atoms with van der Waals surface area (Å²) < 4.78 is 5.10. The van der Waals surface area contributed by atoms with E-state index in [1.54, 1.807) is 0 Å². The Hall–Kier alpha value is -0.610. The maximum Gasteiger partial charge on any atom is 0.310 e. The predicted molar refractivity (Wildman–Crippen MR) is 69.2 cm³/mol. The molecule has 2 rings (SSSR count). The van der Waals surface area contributed by atoms with E-state index in [0.29, 0.717) is 6.61 Å². The van der Waals surface area contributed by atoms with Gasteiger partial charge in [-0.05, 0) is 39.2 Å². The van der Waals surface area contributed by atoms with Gasteiger partial charge in [-0.25, -0.2) is 0 Å². The first-order chi connectivity index (χ1) is 8.63. The van der Waals surface area contributed by atoms with Crippen LogP contribution in [0, 0.1) is 5.92 Å². The number of ether oxygens (including phenoxy) is 1. The molecule has 1 saturated heterocycles. The second-order valence-corrected chi connectivity index (χ2v) is 5.76. The molecule has 0 radical (unpaired) electrons. The number of esters is 1. The predicted octanol–water partition coefficient (Wildman–Crippen LogP) is 1.57. The Morgan fingerprint density at radius 3 is 2.78 bits per heavy atom. The Morgan fingerprint density at radius 1 is 1.39 bits per heavy atom. The topological polar surface area (TPSA) is 49.8 Å². The van der Waals surface area contributed by atoms with E-state index in [2.05, 4.69) is 4.90 Å². The second kappa shape index (κ2) is 6.02. The summed E-state index contributed by atoms with van der Waals surface area (Å²) in [5.41, 5.74) is -0.503. The van der Waals surface area contributed by atoms with Crippen LogP contribution in [0.25, 0.3) is 0 Å². The van der Waals surface area contributed by atoms with Gasteiger partial charge in [0.1, 0.15) is 0 Å². The van der Waals surface area contributed by atoms with Crippen LogP contribution in [0.5, 0.6) is 0 Å². The highest BCUT2D eigenvalue weighted by Crippen LogP contribution is 2.31. The number of carbonyl (C=O) groups excluding carboxylic acids is 1. The van der Waals surface area contributed by atoms with Gasteiger partial charge in [-0.3, -0.25) is 9.69 Å². The van der Waals surface area contributed by atoms with Gasteiger partial charge in [-0.2, -0.15) is 0 Å². The van der Waals surface area contributed by atoms with Gasteiger partial charge in [0.25, 0.3) is 0 Å². The number of hydrogen-bond donors (Lipinski definition) is 1. The van der Waals surface area contributed by atoms with Gasteiger partial charge in [0.15, 0.2) is 0 Å². The summed E-state index contributed by atoms with van der Waals surface area (Å²) in [5, 5.41) is 10.4. The van der Waals surface area contributed by atoms with Gasteiger partial charge >= 0.3 is 5.97 Å². The Bertz CT molecular complexity index is 287. The van der Waals surface area contributed by atoms with Crippen LogP contribution in [0.2, 0.25) is 0 Å². The normalized spacial score (nSPS) is 28.2. The van der Waals surface area contributed by atoms with Crippen LogP contribution in [0.3, 0.4) is 0 Å². The Morgan fingerprint density at radius 2 is 2.11 bits per heavy atom. The van der Waals surface area contributed by atoms with Crippen molar-refractivity contribution in [1.82, 2.24) is 4.90 Å². The lowest BCUT2D eigenvalue weighted by Crippen LogP contribution is -2.47. The van der Waals surface area contributed by atoms with E-state index in [1.807, 2.05) is 6.92 Å². The third-order valence-corrected chi connectivity index (χ3v) is 4.18. The molecule has 0 aromatic rings. The highest BCUT2D eigenvalue weighted by molar-refractivity contribution is 5.72. The summed E-state index contributed by atoms with van der Waals surface area (Å²) >= 11 is 0. The summed E-state index contributed by atoms with van der Waals surface area (Å²) in [5.74, 6) is -0.0654. The third-order valence-electron chi connectivity index (χ3n) is 4.18. The number of aliphatic hydroxyl groups is 1. The lowest BCUT2D eigenvalue weighted by Gasteiger charge is -2.36. The van der Waals surface area contributed by atoms with E-state index >= 15 is 0 Å². The highest BCUT2D eigenvalue weighted by Gasteiger charge is 2.35. The molecule has 18 heavy (non-hydrogen) atoms. The van der Waals surface area contributed by atoms with Crippen molar-refractivity contribution in [2.75, 3.05) is 26.2 Å². The fourth-order valence-electron chi connectivity index (χ4n) is 3.26. The Balaban J connectivity index is 1.84. The summed E-state index contributed by atoms with van der Waals surface area (Å²) in [7, 11) is 0. The summed E-state index contributed by atoms with van der Waals surface area (Å²) in [6.07, 6.45) is 6.03.